The van der Waals surface area contributed by atoms with Crippen LogP contribution >= 0.6 is 0 Å². The van der Waals surface area contributed by atoms with E-state index in [2.05, 4.69) is 15.6 Å². The van der Waals surface area contributed by atoms with Crippen LogP contribution in [0.25, 0.3) is 10.9 Å². The van der Waals surface area contributed by atoms with E-state index in [1.165, 1.54) is 24.3 Å². The van der Waals surface area contributed by atoms with Gasteiger partial charge in [0.25, 0.3) is 5.56 Å². The highest BCUT2D eigenvalue weighted by Gasteiger charge is 2.27. The molecular formula is C18H14F4N4O2. The summed E-state index contributed by atoms with van der Waals surface area (Å²) in [4.78, 5) is 28.7. The van der Waals surface area contributed by atoms with Crippen LogP contribution in [0.1, 0.15) is 0 Å². The van der Waals surface area contributed by atoms with Gasteiger partial charge in [-0.1, -0.05) is 12.1 Å². The summed E-state index contributed by atoms with van der Waals surface area (Å²) >= 11 is 0. The average Bonchev–Trinajstić information content (AvgIpc) is 2.63. The van der Waals surface area contributed by atoms with Crippen molar-refractivity contribution in [2.24, 2.45) is 0 Å². The first-order chi connectivity index (χ1) is 13.2. The van der Waals surface area contributed by atoms with Crippen molar-refractivity contribution in [3.63, 3.8) is 0 Å². The van der Waals surface area contributed by atoms with Crippen LogP contribution in [-0.4, -0.2) is 28.2 Å². The molecule has 6 nitrogen and oxygen atoms in total. The number of para-hydroxylation sites is 2. The summed E-state index contributed by atoms with van der Waals surface area (Å²) in [6.45, 7) is -1.70. The molecule has 0 saturated carbocycles. The van der Waals surface area contributed by atoms with Gasteiger partial charge < -0.3 is 10.6 Å². The maximum atomic E-state index is 13.4. The zero-order chi connectivity index (χ0) is 20.3. The van der Waals surface area contributed by atoms with Gasteiger partial charge >= 0.3 is 6.18 Å². The third-order valence-electron chi connectivity index (χ3n) is 3.78. The molecule has 0 fully saturated rings. The number of aromatic nitrogens is 2. The summed E-state index contributed by atoms with van der Waals surface area (Å²) < 4.78 is 51.6. The number of carbonyl (C=O) groups excluding carboxylic acids is 1. The Morgan fingerprint density at radius 2 is 1.82 bits per heavy atom. The standard InChI is InChI=1S/C18H14F4N4O2/c19-11-5-6-13-12(7-11)17(28)26(10-24-13)8-16(27)25-15-4-2-1-3-14(15)23-9-18(20,21)22/h1-7,10,23H,8-9H2,(H,25,27). The van der Waals surface area contributed by atoms with E-state index < -0.39 is 36.5 Å². The van der Waals surface area contributed by atoms with Gasteiger partial charge in [0.05, 0.1) is 28.6 Å². The highest BCUT2D eigenvalue weighted by atomic mass is 19.4. The van der Waals surface area contributed by atoms with Crippen molar-refractivity contribution in [2.75, 3.05) is 17.2 Å². The zero-order valence-electron chi connectivity index (χ0n) is 14.3. The number of nitrogens with one attached hydrogen (secondary N) is 2. The minimum Gasteiger partial charge on any atom is -0.375 e. The normalized spacial score (nSPS) is 11.4. The van der Waals surface area contributed by atoms with Gasteiger partial charge in [0, 0.05) is 0 Å². The van der Waals surface area contributed by atoms with Gasteiger partial charge in [-0.15, -0.1) is 0 Å². The molecule has 1 amide bonds. The quantitative estimate of drug-likeness (QED) is 0.652. The van der Waals surface area contributed by atoms with Crippen LogP contribution in [0.15, 0.2) is 53.6 Å². The molecule has 0 aliphatic heterocycles. The lowest BCUT2D eigenvalue weighted by atomic mass is 10.2. The Morgan fingerprint density at radius 1 is 1.11 bits per heavy atom. The Morgan fingerprint density at radius 3 is 2.54 bits per heavy atom. The SMILES string of the molecule is O=C(Cn1cnc2ccc(F)cc2c1=O)Nc1ccccc1NCC(F)(F)F. The average molecular weight is 394 g/mol. The largest absolute Gasteiger partial charge is 0.405 e. The Balaban J connectivity index is 1.77. The molecule has 0 spiro atoms. The summed E-state index contributed by atoms with van der Waals surface area (Å²) in [5.41, 5.74) is -0.114. The highest BCUT2D eigenvalue weighted by Crippen LogP contribution is 2.23. The fourth-order valence-electron chi connectivity index (χ4n) is 2.53. The van der Waals surface area contributed by atoms with Gasteiger partial charge in [0.2, 0.25) is 5.91 Å². The highest BCUT2D eigenvalue weighted by molar-refractivity contribution is 5.94. The van der Waals surface area contributed by atoms with Crippen LogP contribution in [0.5, 0.6) is 0 Å². The van der Waals surface area contributed by atoms with E-state index in [1.54, 1.807) is 6.07 Å². The van der Waals surface area contributed by atoms with E-state index in [1.807, 2.05) is 0 Å². The molecule has 0 radical (unpaired) electrons. The monoisotopic (exact) mass is 394 g/mol. The van der Waals surface area contributed by atoms with Crippen LogP contribution in [0.2, 0.25) is 0 Å². The molecule has 1 aromatic heterocycles. The Bertz CT molecular complexity index is 1080. The number of hydrogen-bond acceptors (Lipinski definition) is 4. The number of halogens is 4. The number of rotatable bonds is 5. The van der Waals surface area contributed by atoms with Gasteiger partial charge in [-0.25, -0.2) is 9.37 Å². The van der Waals surface area contributed by atoms with E-state index in [9.17, 15) is 27.2 Å². The van der Waals surface area contributed by atoms with E-state index in [0.717, 1.165) is 23.0 Å². The van der Waals surface area contributed by atoms with Crippen molar-refractivity contribution >= 4 is 28.2 Å². The fraction of sp³-hybridized carbons (Fsp3) is 0.167. The van der Waals surface area contributed by atoms with Gasteiger partial charge in [0.15, 0.2) is 0 Å². The second kappa shape index (κ2) is 7.67. The minimum atomic E-state index is -4.42. The molecular weight excluding hydrogens is 380 g/mol. The number of benzene rings is 2. The topological polar surface area (TPSA) is 76.0 Å². The van der Waals surface area contributed by atoms with Crippen LogP contribution in [0.3, 0.4) is 0 Å². The molecule has 2 N–H and O–H groups in total. The molecule has 0 aliphatic carbocycles. The van der Waals surface area contributed by atoms with E-state index in [4.69, 9.17) is 0 Å². The number of carbonyl (C=O) groups is 1. The molecule has 3 aromatic rings. The molecule has 0 bridgehead atoms. The number of nitrogens with zero attached hydrogens (tertiary/aromatic N) is 2. The van der Waals surface area contributed by atoms with Gasteiger partial charge in [-0.2, -0.15) is 13.2 Å². The van der Waals surface area contributed by atoms with Crippen molar-refractivity contribution < 1.29 is 22.4 Å². The van der Waals surface area contributed by atoms with Gasteiger partial charge in [-0.05, 0) is 30.3 Å². The smallest absolute Gasteiger partial charge is 0.375 e. The molecule has 10 heteroatoms. The molecule has 0 unspecified atom stereocenters. The number of hydrogen-bond donors (Lipinski definition) is 2. The van der Waals surface area contributed by atoms with Crippen molar-refractivity contribution in [3.05, 3.63) is 65.0 Å². The summed E-state index contributed by atoms with van der Waals surface area (Å²) in [5, 5.41) is 4.67. The molecule has 146 valence electrons. The van der Waals surface area contributed by atoms with Crippen molar-refractivity contribution in [2.45, 2.75) is 12.7 Å². The first-order valence-corrected chi connectivity index (χ1v) is 8.07. The van der Waals surface area contributed by atoms with Crippen molar-refractivity contribution in [1.29, 1.82) is 0 Å². The van der Waals surface area contributed by atoms with Crippen LogP contribution in [-0.2, 0) is 11.3 Å². The number of alkyl halides is 3. The lowest BCUT2D eigenvalue weighted by molar-refractivity contribution is -0.117. The molecule has 0 saturated heterocycles. The molecule has 2 aromatic carbocycles. The number of amides is 1. The number of fused-ring (bicyclic) bond motifs is 1. The van der Waals surface area contributed by atoms with Gasteiger partial charge in [0.1, 0.15) is 18.9 Å². The minimum absolute atomic E-state index is 0.0162. The van der Waals surface area contributed by atoms with Gasteiger partial charge in [-0.3, -0.25) is 14.2 Å². The van der Waals surface area contributed by atoms with Crippen LogP contribution in [0, 0.1) is 5.82 Å². The molecule has 0 aliphatic rings. The van der Waals surface area contributed by atoms with E-state index >= 15 is 0 Å². The van der Waals surface area contributed by atoms with E-state index in [0.29, 0.717) is 0 Å². The molecule has 1 heterocycles. The van der Waals surface area contributed by atoms with Crippen LogP contribution in [0.4, 0.5) is 28.9 Å². The first-order valence-electron chi connectivity index (χ1n) is 8.07. The summed E-state index contributed by atoms with van der Waals surface area (Å²) in [7, 11) is 0. The maximum Gasteiger partial charge on any atom is 0.405 e. The maximum absolute atomic E-state index is 13.4. The van der Waals surface area contributed by atoms with E-state index in [-0.39, 0.29) is 22.3 Å². The number of anilines is 2. The summed E-state index contributed by atoms with van der Waals surface area (Å²) in [6, 6.07) is 9.40. The lowest BCUT2D eigenvalue weighted by Crippen LogP contribution is -2.28. The Kier molecular flexibility index (Phi) is 5.30. The summed E-state index contributed by atoms with van der Waals surface area (Å²) in [6.07, 6.45) is -3.27. The second-order valence-electron chi connectivity index (χ2n) is 5.90. The molecule has 28 heavy (non-hydrogen) atoms. The van der Waals surface area contributed by atoms with Crippen LogP contribution < -0.4 is 16.2 Å². The lowest BCUT2D eigenvalue weighted by Gasteiger charge is -2.14. The second-order valence-corrected chi connectivity index (χ2v) is 5.90. The molecule has 3 rings (SSSR count). The first kappa shape index (κ1) is 19.3. The predicted molar refractivity (Wildman–Crippen MR) is 95.6 cm³/mol. The Labute approximate surface area is 155 Å². The predicted octanol–water partition coefficient (Wildman–Crippen LogP) is 3.15. The third-order valence-corrected chi connectivity index (χ3v) is 3.78. The zero-order valence-corrected chi connectivity index (χ0v) is 14.3. The third kappa shape index (κ3) is 4.64. The molecule has 0 atom stereocenters. The van der Waals surface area contributed by atoms with Crippen molar-refractivity contribution in [1.82, 2.24) is 9.55 Å². The fourth-order valence-corrected chi connectivity index (χ4v) is 2.53. The van der Waals surface area contributed by atoms with Crippen molar-refractivity contribution in [3.8, 4) is 0 Å². The summed E-state index contributed by atoms with van der Waals surface area (Å²) in [5.74, 6) is -1.26. The Hall–Kier alpha value is -3.43.